The molecule has 0 radical (unpaired) electrons. The monoisotopic (exact) mass is 383 g/mol. The number of fused-ring (bicyclic) bond motifs is 1. The molecule has 5 nitrogen and oxygen atoms in total. The fraction of sp³-hybridized carbons (Fsp3) is 0.381. The summed E-state index contributed by atoms with van der Waals surface area (Å²) < 4.78 is 0. The van der Waals surface area contributed by atoms with Gasteiger partial charge in [0.15, 0.2) is 0 Å². The van der Waals surface area contributed by atoms with E-state index < -0.39 is 12.0 Å². The van der Waals surface area contributed by atoms with Gasteiger partial charge in [-0.15, -0.1) is 11.3 Å². The van der Waals surface area contributed by atoms with Gasteiger partial charge in [0.1, 0.15) is 23.0 Å². The van der Waals surface area contributed by atoms with Crippen LogP contribution in [-0.2, 0) is 4.79 Å². The van der Waals surface area contributed by atoms with Crippen LogP contribution >= 0.6 is 11.3 Å². The molecule has 0 bridgehead atoms. The summed E-state index contributed by atoms with van der Waals surface area (Å²) in [7, 11) is 0. The van der Waals surface area contributed by atoms with E-state index >= 15 is 0 Å². The number of nitrogens with one attached hydrogen (secondary N) is 1. The number of hydrogen-bond donors (Lipinski definition) is 2. The number of rotatable bonds is 7. The minimum absolute atomic E-state index is 0.569. The van der Waals surface area contributed by atoms with Crippen LogP contribution in [0.25, 0.3) is 21.3 Å². The smallest absolute Gasteiger partial charge is 0.326 e. The fourth-order valence-corrected chi connectivity index (χ4v) is 4.24. The van der Waals surface area contributed by atoms with E-state index in [1.54, 1.807) is 11.3 Å². The number of anilines is 1. The van der Waals surface area contributed by atoms with Gasteiger partial charge < -0.3 is 10.4 Å². The first-order chi connectivity index (χ1) is 12.9. The largest absolute Gasteiger partial charge is 0.480 e. The number of thiophene rings is 1. The molecule has 0 spiro atoms. The third-order valence-electron chi connectivity index (χ3n) is 4.92. The zero-order valence-electron chi connectivity index (χ0n) is 16.2. The second-order valence-electron chi connectivity index (χ2n) is 6.91. The van der Waals surface area contributed by atoms with Crippen molar-refractivity contribution in [1.29, 1.82) is 0 Å². The molecule has 2 N–H and O–H groups in total. The van der Waals surface area contributed by atoms with E-state index in [4.69, 9.17) is 0 Å². The van der Waals surface area contributed by atoms with Crippen molar-refractivity contribution >= 4 is 33.3 Å². The van der Waals surface area contributed by atoms with E-state index in [9.17, 15) is 9.90 Å². The van der Waals surface area contributed by atoms with Gasteiger partial charge in [0.05, 0.1) is 5.39 Å². The maximum absolute atomic E-state index is 11.7. The number of nitrogens with zero attached hydrogens (tertiary/aromatic N) is 2. The summed E-state index contributed by atoms with van der Waals surface area (Å²) in [6.45, 7) is 8.33. The van der Waals surface area contributed by atoms with Crippen LogP contribution in [0.3, 0.4) is 0 Å². The minimum Gasteiger partial charge on any atom is -0.480 e. The Labute approximate surface area is 163 Å². The molecule has 0 aliphatic rings. The van der Waals surface area contributed by atoms with Crippen molar-refractivity contribution in [3.63, 3.8) is 0 Å². The van der Waals surface area contributed by atoms with Crippen LogP contribution < -0.4 is 5.32 Å². The van der Waals surface area contributed by atoms with Crippen molar-refractivity contribution in [3.05, 3.63) is 40.5 Å². The molecule has 0 amide bonds. The van der Waals surface area contributed by atoms with Gasteiger partial charge in [-0.2, -0.15) is 0 Å². The highest BCUT2D eigenvalue weighted by atomic mass is 32.1. The molecule has 3 rings (SSSR count). The van der Waals surface area contributed by atoms with Crippen molar-refractivity contribution in [2.45, 2.75) is 53.0 Å². The summed E-state index contributed by atoms with van der Waals surface area (Å²) >= 11 is 1.61. The van der Waals surface area contributed by atoms with Crippen molar-refractivity contribution < 1.29 is 9.90 Å². The maximum Gasteiger partial charge on any atom is 0.326 e. The topological polar surface area (TPSA) is 75.1 Å². The van der Waals surface area contributed by atoms with E-state index in [1.165, 1.54) is 17.5 Å². The Balaban J connectivity index is 2.11. The van der Waals surface area contributed by atoms with Gasteiger partial charge in [-0.3, -0.25) is 0 Å². The first-order valence-electron chi connectivity index (χ1n) is 9.23. The molecule has 2 heterocycles. The van der Waals surface area contributed by atoms with E-state index in [0.29, 0.717) is 12.2 Å². The molecule has 0 aliphatic heterocycles. The SMILES string of the molecule is CCCCC(Nc1ncnc2sc(C)c(-c3ccc(C)c(C)c3)c12)C(=O)O. The summed E-state index contributed by atoms with van der Waals surface area (Å²) in [5.41, 5.74) is 4.67. The zero-order valence-corrected chi connectivity index (χ0v) is 17.0. The quantitative estimate of drug-likeness (QED) is 0.576. The standard InChI is InChI=1S/C21H25N3O2S/c1-5-6-7-16(21(25)26)24-19-18-17(14(4)27-20(18)23-11-22-19)15-9-8-12(2)13(3)10-15/h8-11,16H,5-7H2,1-4H3,(H,25,26)(H,22,23,24). The Kier molecular flexibility index (Phi) is 5.75. The van der Waals surface area contributed by atoms with Crippen LogP contribution in [0.1, 0.15) is 42.2 Å². The number of unbranched alkanes of at least 4 members (excludes halogenated alkanes) is 1. The predicted octanol–water partition coefficient (Wildman–Crippen LogP) is 5.34. The molecular formula is C21H25N3O2S. The Morgan fingerprint density at radius 3 is 2.67 bits per heavy atom. The normalized spacial score (nSPS) is 12.3. The average Bonchev–Trinajstić information content (AvgIpc) is 2.97. The lowest BCUT2D eigenvalue weighted by Gasteiger charge is -2.16. The van der Waals surface area contributed by atoms with E-state index in [0.717, 1.165) is 39.1 Å². The van der Waals surface area contributed by atoms with Gasteiger partial charge in [-0.25, -0.2) is 14.8 Å². The highest BCUT2D eigenvalue weighted by Gasteiger charge is 2.22. The number of aliphatic carboxylic acids is 1. The van der Waals surface area contributed by atoms with Gasteiger partial charge in [0.25, 0.3) is 0 Å². The zero-order chi connectivity index (χ0) is 19.6. The fourth-order valence-electron chi connectivity index (χ4n) is 3.23. The summed E-state index contributed by atoms with van der Waals surface area (Å²) in [6.07, 6.45) is 3.88. The lowest BCUT2D eigenvalue weighted by atomic mass is 9.99. The number of carboxylic acids is 1. The van der Waals surface area contributed by atoms with Crippen molar-refractivity contribution in [2.24, 2.45) is 0 Å². The molecule has 6 heteroatoms. The minimum atomic E-state index is -0.852. The molecular weight excluding hydrogens is 358 g/mol. The molecule has 0 saturated carbocycles. The highest BCUT2D eigenvalue weighted by molar-refractivity contribution is 7.19. The molecule has 0 saturated heterocycles. The highest BCUT2D eigenvalue weighted by Crippen LogP contribution is 2.41. The third-order valence-corrected chi connectivity index (χ3v) is 5.93. The predicted molar refractivity (Wildman–Crippen MR) is 112 cm³/mol. The van der Waals surface area contributed by atoms with Gasteiger partial charge in [-0.05, 0) is 43.9 Å². The first-order valence-corrected chi connectivity index (χ1v) is 10.0. The van der Waals surface area contributed by atoms with Crippen molar-refractivity contribution in [1.82, 2.24) is 9.97 Å². The van der Waals surface area contributed by atoms with Crippen molar-refractivity contribution in [3.8, 4) is 11.1 Å². The summed E-state index contributed by atoms with van der Waals surface area (Å²) in [6, 6.07) is 5.74. The number of carbonyl (C=O) groups is 1. The number of benzene rings is 1. The Bertz CT molecular complexity index is 981. The summed E-state index contributed by atoms with van der Waals surface area (Å²) in [5.74, 6) is -0.254. The number of aromatic nitrogens is 2. The molecule has 1 atom stereocenters. The molecule has 1 aromatic carbocycles. The average molecular weight is 384 g/mol. The Morgan fingerprint density at radius 1 is 1.22 bits per heavy atom. The Hall–Kier alpha value is -2.47. The van der Waals surface area contributed by atoms with Crippen LogP contribution in [0.5, 0.6) is 0 Å². The molecule has 3 aromatic rings. The molecule has 1 unspecified atom stereocenters. The van der Waals surface area contributed by atoms with Crippen LogP contribution in [-0.4, -0.2) is 27.1 Å². The van der Waals surface area contributed by atoms with Gasteiger partial charge in [-0.1, -0.05) is 38.0 Å². The lowest BCUT2D eigenvalue weighted by Crippen LogP contribution is -2.29. The number of hydrogen-bond acceptors (Lipinski definition) is 5. The maximum atomic E-state index is 11.7. The lowest BCUT2D eigenvalue weighted by molar-refractivity contribution is -0.138. The second-order valence-corrected chi connectivity index (χ2v) is 8.12. The summed E-state index contributed by atoms with van der Waals surface area (Å²) in [4.78, 5) is 22.5. The van der Waals surface area contributed by atoms with E-state index in [2.05, 4.69) is 61.2 Å². The van der Waals surface area contributed by atoms with E-state index in [1.807, 2.05) is 0 Å². The molecule has 2 aromatic heterocycles. The van der Waals surface area contributed by atoms with E-state index in [-0.39, 0.29) is 0 Å². The first kappa shape index (κ1) is 19.3. The van der Waals surface area contributed by atoms with Gasteiger partial charge in [0, 0.05) is 10.4 Å². The van der Waals surface area contributed by atoms with Crippen LogP contribution in [0.4, 0.5) is 5.82 Å². The molecule has 0 fully saturated rings. The van der Waals surface area contributed by atoms with Gasteiger partial charge >= 0.3 is 5.97 Å². The summed E-state index contributed by atoms with van der Waals surface area (Å²) in [5, 5.41) is 13.7. The molecule has 142 valence electrons. The Morgan fingerprint density at radius 2 is 2.00 bits per heavy atom. The number of carboxylic acid groups (broad SMARTS) is 1. The molecule has 27 heavy (non-hydrogen) atoms. The van der Waals surface area contributed by atoms with Gasteiger partial charge in [0.2, 0.25) is 0 Å². The second kappa shape index (κ2) is 8.05. The van der Waals surface area contributed by atoms with Crippen LogP contribution in [0, 0.1) is 20.8 Å². The van der Waals surface area contributed by atoms with Crippen LogP contribution in [0.2, 0.25) is 0 Å². The van der Waals surface area contributed by atoms with Crippen LogP contribution in [0.15, 0.2) is 24.5 Å². The van der Waals surface area contributed by atoms with Crippen molar-refractivity contribution in [2.75, 3.05) is 5.32 Å². The molecule has 0 aliphatic carbocycles. The number of aryl methyl sites for hydroxylation is 3. The third kappa shape index (κ3) is 3.95.